The van der Waals surface area contributed by atoms with E-state index in [4.69, 9.17) is 0 Å². The predicted octanol–water partition coefficient (Wildman–Crippen LogP) is 3.10. The molecule has 4 nitrogen and oxygen atoms in total. The van der Waals surface area contributed by atoms with Crippen LogP contribution in [0.4, 0.5) is 0 Å². The molecule has 114 valence electrons. The zero-order chi connectivity index (χ0) is 15.0. The highest BCUT2D eigenvalue weighted by Gasteiger charge is 2.46. The van der Waals surface area contributed by atoms with E-state index in [9.17, 15) is 14.7 Å². The summed E-state index contributed by atoms with van der Waals surface area (Å²) in [5.74, 6) is -0.985. The molecule has 0 spiro atoms. The largest absolute Gasteiger partial charge is 0.479 e. The van der Waals surface area contributed by atoms with Gasteiger partial charge in [-0.15, -0.1) is 11.3 Å². The third-order valence-electron chi connectivity index (χ3n) is 4.98. The molecule has 0 saturated heterocycles. The van der Waals surface area contributed by atoms with E-state index in [0.29, 0.717) is 17.7 Å². The molecule has 0 aromatic carbocycles. The highest BCUT2D eigenvalue weighted by Crippen LogP contribution is 2.36. The van der Waals surface area contributed by atoms with Gasteiger partial charge in [0.05, 0.1) is 4.88 Å². The topological polar surface area (TPSA) is 57.6 Å². The van der Waals surface area contributed by atoms with Gasteiger partial charge in [0.25, 0.3) is 5.91 Å². The summed E-state index contributed by atoms with van der Waals surface area (Å²) >= 11 is 1.55. The van der Waals surface area contributed by atoms with Crippen molar-refractivity contribution in [2.45, 2.75) is 56.9 Å². The number of amides is 1. The Morgan fingerprint density at radius 3 is 2.52 bits per heavy atom. The quantitative estimate of drug-likeness (QED) is 0.933. The number of thiophene rings is 1. The SMILES string of the molecule is CN(C(=O)c1cc2c(s1)CCC2)C1(C(=O)O)CCCCC1. The number of likely N-dealkylation sites (N-methyl/N-ethyl adjacent to an activating group) is 1. The van der Waals surface area contributed by atoms with Crippen LogP contribution in [0.15, 0.2) is 6.07 Å². The van der Waals surface area contributed by atoms with Gasteiger partial charge in [0.1, 0.15) is 5.54 Å². The number of carboxylic acids is 1. The zero-order valence-electron chi connectivity index (χ0n) is 12.4. The van der Waals surface area contributed by atoms with Crippen molar-refractivity contribution in [1.82, 2.24) is 4.90 Å². The lowest BCUT2D eigenvalue weighted by Crippen LogP contribution is -2.56. The summed E-state index contributed by atoms with van der Waals surface area (Å²) in [6.07, 6.45) is 7.23. The molecule has 1 aromatic rings. The van der Waals surface area contributed by atoms with Gasteiger partial charge in [0, 0.05) is 11.9 Å². The summed E-state index contributed by atoms with van der Waals surface area (Å²) in [6.45, 7) is 0. The number of hydrogen-bond acceptors (Lipinski definition) is 3. The van der Waals surface area contributed by atoms with E-state index >= 15 is 0 Å². The van der Waals surface area contributed by atoms with Crippen molar-refractivity contribution in [3.05, 3.63) is 21.4 Å². The minimum atomic E-state index is -1.01. The first-order valence-corrected chi connectivity index (χ1v) is 8.49. The lowest BCUT2D eigenvalue weighted by atomic mass is 9.80. The Morgan fingerprint density at radius 1 is 1.19 bits per heavy atom. The minimum absolute atomic E-state index is 0.126. The smallest absolute Gasteiger partial charge is 0.329 e. The monoisotopic (exact) mass is 307 g/mol. The van der Waals surface area contributed by atoms with E-state index in [0.717, 1.165) is 32.1 Å². The molecule has 0 aliphatic heterocycles. The Kier molecular flexibility index (Phi) is 3.78. The van der Waals surface area contributed by atoms with Gasteiger partial charge < -0.3 is 10.0 Å². The first-order valence-electron chi connectivity index (χ1n) is 7.68. The van der Waals surface area contributed by atoms with Crippen LogP contribution >= 0.6 is 11.3 Å². The van der Waals surface area contributed by atoms with Gasteiger partial charge in [-0.3, -0.25) is 4.79 Å². The van der Waals surface area contributed by atoms with Gasteiger partial charge in [-0.05, 0) is 43.7 Å². The van der Waals surface area contributed by atoms with Crippen molar-refractivity contribution in [1.29, 1.82) is 0 Å². The van der Waals surface area contributed by atoms with Crippen LogP contribution in [0.3, 0.4) is 0 Å². The Bertz CT molecular complexity index is 551. The molecule has 1 saturated carbocycles. The number of carbonyl (C=O) groups excluding carboxylic acids is 1. The maximum absolute atomic E-state index is 12.7. The van der Waals surface area contributed by atoms with E-state index in [1.807, 2.05) is 6.07 Å². The number of nitrogens with zero attached hydrogens (tertiary/aromatic N) is 1. The molecule has 0 radical (unpaired) electrons. The van der Waals surface area contributed by atoms with Crippen LogP contribution in [0.5, 0.6) is 0 Å². The summed E-state index contributed by atoms with van der Waals surface area (Å²) in [5, 5.41) is 9.68. The molecule has 2 aliphatic rings. The Balaban J connectivity index is 1.86. The first kappa shape index (κ1) is 14.6. The second-order valence-electron chi connectivity index (χ2n) is 6.17. The van der Waals surface area contributed by atoms with Crippen LogP contribution in [-0.2, 0) is 17.6 Å². The highest BCUT2D eigenvalue weighted by atomic mass is 32.1. The number of hydrogen-bond donors (Lipinski definition) is 1. The average molecular weight is 307 g/mol. The molecule has 2 aliphatic carbocycles. The predicted molar refractivity (Wildman–Crippen MR) is 81.9 cm³/mol. The lowest BCUT2D eigenvalue weighted by Gasteiger charge is -2.40. The molecule has 1 N–H and O–H groups in total. The Morgan fingerprint density at radius 2 is 1.90 bits per heavy atom. The number of rotatable bonds is 3. The van der Waals surface area contributed by atoms with Crippen molar-refractivity contribution in [3.8, 4) is 0 Å². The zero-order valence-corrected chi connectivity index (χ0v) is 13.2. The van der Waals surface area contributed by atoms with Crippen molar-refractivity contribution >= 4 is 23.2 Å². The van der Waals surface area contributed by atoms with Crippen LogP contribution in [0.25, 0.3) is 0 Å². The molecule has 1 amide bonds. The fourth-order valence-corrected chi connectivity index (χ4v) is 4.85. The Labute approximate surface area is 128 Å². The molecule has 3 rings (SSSR count). The summed E-state index contributed by atoms with van der Waals surface area (Å²) < 4.78 is 0. The van der Waals surface area contributed by atoms with E-state index < -0.39 is 11.5 Å². The average Bonchev–Trinajstić information content (AvgIpc) is 3.07. The molecule has 21 heavy (non-hydrogen) atoms. The normalized spacial score (nSPS) is 20.0. The number of carbonyl (C=O) groups is 2. The molecular formula is C16H21NO3S. The van der Waals surface area contributed by atoms with Gasteiger partial charge >= 0.3 is 5.97 Å². The fourth-order valence-electron chi connectivity index (χ4n) is 3.62. The van der Waals surface area contributed by atoms with Gasteiger partial charge in [0.15, 0.2) is 0 Å². The molecule has 1 heterocycles. The number of aliphatic carboxylic acids is 1. The molecule has 0 atom stereocenters. The number of aryl methyl sites for hydroxylation is 2. The van der Waals surface area contributed by atoms with E-state index in [-0.39, 0.29) is 5.91 Å². The molecule has 1 aromatic heterocycles. The second kappa shape index (κ2) is 5.44. The standard InChI is InChI=1S/C16H21NO3S/c1-17(16(15(19)20)8-3-2-4-9-16)14(18)13-10-11-6-5-7-12(11)21-13/h10H,2-9H2,1H3,(H,19,20). The van der Waals surface area contributed by atoms with E-state index in [1.54, 1.807) is 18.4 Å². The molecule has 5 heteroatoms. The third kappa shape index (κ3) is 2.37. The van der Waals surface area contributed by atoms with Crippen LogP contribution in [0.2, 0.25) is 0 Å². The van der Waals surface area contributed by atoms with Crippen molar-refractivity contribution in [3.63, 3.8) is 0 Å². The van der Waals surface area contributed by atoms with Gasteiger partial charge in [-0.2, -0.15) is 0 Å². The molecular weight excluding hydrogens is 286 g/mol. The van der Waals surface area contributed by atoms with Crippen molar-refractivity contribution in [2.75, 3.05) is 7.05 Å². The summed E-state index contributed by atoms with van der Waals surface area (Å²) in [4.78, 5) is 28.0. The van der Waals surface area contributed by atoms with Crippen molar-refractivity contribution in [2.24, 2.45) is 0 Å². The lowest BCUT2D eigenvalue weighted by molar-refractivity contribution is -0.151. The van der Waals surface area contributed by atoms with E-state index in [1.165, 1.54) is 21.8 Å². The molecule has 1 fully saturated rings. The molecule has 0 unspecified atom stereocenters. The maximum Gasteiger partial charge on any atom is 0.329 e. The fraction of sp³-hybridized carbons (Fsp3) is 0.625. The van der Waals surface area contributed by atoms with Gasteiger partial charge in [0.2, 0.25) is 0 Å². The van der Waals surface area contributed by atoms with Gasteiger partial charge in [-0.1, -0.05) is 19.3 Å². The molecule has 0 bridgehead atoms. The maximum atomic E-state index is 12.7. The minimum Gasteiger partial charge on any atom is -0.479 e. The van der Waals surface area contributed by atoms with E-state index in [2.05, 4.69) is 0 Å². The Hall–Kier alpha value is -1.36. The summed E-state index contributed by atoms with van der Waals surface area (Å²) in [7, 11) is 1.66. The first-order chi connectivity index (χ1) is 10.0. The van der Waals surface area contributed by atoms with Gasteiger partial charge in [-0.25, -0.2) is 4.79 Å². The summed E-state index contributed by atoms with van der Waals surface area (Å²) in [5.41, 5.74) is 0.272. The van der Waals surface area contributed by atoms with Crippen LogP contribution in [0, 0.1) is 0 Å². The number of fused-ring (bicyclic) bond motifs is 1. The number of carboxylic acid groups (broad SMARTS) is 1. The second-order valence-corrected chi connectivity index (χ2v) is 7.31. The highest BCUT2D eigenvalue weighted by molar-refractivity contribution is 7.14. The summed E-state index contributed by atoms with van der Waals surface area (Å²) in [6, 6.07) is 1.98. The van der Waals surface area contributed by atoms with Crippen LogP contribution < -0.4 is 0 Å². The van der Waals surface area contributed by atoms with Crippen LogP contribution in [-0.4, -0.2) is 34.5 Å². The third-order valence-corrected chi connectivity index (χ3v) is 6.21. The van der Waals surface area contributed by atoms with Crippen molar-refractivity contribution < 1.29 is 14.7 Å². The van der Waals surface area contributed by atoms with Crippen LogP contribution in [0.1, 0.15) is 58.6 Å².